The molecular weight excluding hydrogens is 260 g/mol. The third-order valence-electron chi connectivity index (χ3n) is 2.46. The Bertz CT molecular complexity index is 496. The van der Waals surface area contributed by atoms with Gasteiger partial charge in [-0.25, -0.2) is 4.98 Å². The topological polar surface area (TPSA) is 57.4 Å². The van der Waals surface area contributed by atoms with Crippen LogP contribution in [0.15, 0.2) is 29.6 Å². The molecule has 5 heteroatoms. The molecule has 102 valence electrons. The fourth-order valence-electron chi connectivity index (χ4n) is 1.52. The van der Waals surface area contributed by atoms with Gasteiger partial charge in [-0.3, -0.25) is 0 Å². The molecule has 0 fully saturated rings. The van der Waals surface area contributed by atoms with E-state index in [-0.39, 0.29) is 0 Å². The highest BCUT2D eigenvalue weighted by atomic mass is 32.1. The number of ether oxygens (including phenoxy) is 2. The van der Waals surface area contributed by atoms with Crippen LogP contribution in [0, 0.1) is 0 Å². The zero-order valence-electron chi connectivity index (χ0n) is 11.0. The Morgan fingerprint density at radius 2 is 1.84 bits per heavy atom. The molecule has 0 saturated carbocycles. The van der Waals surface area contributed by atoms with Crippen molar-refractivity contribution in [3.63, 3.8) is 0 Å². The van der Waals surface area contributed by atoms with Crippen LogP contribution in [0.1, 0.15) is 24.0 Å². The Labute approximate surface area is 117 Å². The summed E-state index contributed by atoms with van der Waals surface area (Å²) in [5.74, 6) is 1.68. The van der Waals surface area contributed by atoms with Crippen LogP contribution in [0.5, 0.6) is 11.5 Å². The molecule has 0 aliphatic heterocycles. The number of hydrogen-bond donors (Lipinski definition) is 1. The van der Waals surface area contributed by atoms with Crippen LogP contribution in [-0.4, -0.2) is 11.6 Å². The van der Waals surface area contributed by atoms with E-state index in [9.17, 15) is 0 Å². The van der Waals surface area contributed by atoms with Gasteiger partial charge in [0.25, 0.3) is 0 Å². The van der Waals surface area contributed by atoms with E-state index in [1.807, 2.05) is 29.6 Å². The van der Waals surface area contributed by atoms with Crippen molar-refractivity contribution < 1.29 is 9.47 Å². The molecule has 0 unspecified atom stereocenters. The molecular formula is C14H18N2O2S. The van der Waals surface area contributed by atoms with Gasteiger partial charge in [0.15, 0.2) is 0 Å². The van der Waals surface area contributed by atoms with E-state index in [0.717, 1.165) is 35.2 Å². The van der Waals surface area contributed by atoms with Crippen LogP contribution in [-0.2, 0) is 13.2 Å². The summed E-state index contributed by atoms with van der Waals surface area (Å²) >= 11 is 1.56. The Kier molecular flexibility index (Phi) is 5.18. The van der Waals surface area contributed by atoms with Crippen molar-refractivity contribution in [2.24, 2.45) is 5.73 Å². The monoisotopic (exact) mass is 278 g/mol. The summed E-state index contributed by atoms with van der Waals surface area (Å²) in [5.41, 5.74) is 6.43. The van der Waals surface area contributed by atoms with Crippen LogP contribution in [0.4, 0.5) is 0 Å². The van der Waals surface area contributed by atoms with Gasteiger partial charge < -0.3 is 15.2 Å². The molecule has 0 spiro atoms. The minimum Gasteiger partial charge on any atom is -0.494 e. The maximum absolute atomic E-state index is 5.66. The molecule has 1 aromatic heterocycles. The molecule has 4 nitrogen and oxygen atoms in total. The lowest BCUT2D eigenvalue weighted by atomic mass is 10.3. The van der Waals surface area contributed by atoms with Gasteiger partial charge in [0.05, 0.1) is 12.3 Å². The van der Waals surface area contributed by atoms with Crippen molar-refractivity contribution in [1.29, 1.82) is 0 Å². The van der Waals surface area contributed by atoms with Gasteiger partial charge in [-0.2, -0.15) is 0 Å². The SMILES string of the molecule is CCCOc1ccc(OCc2csc(CN)n2)cc1. The Balaban J connectivity index is 1.85. The zero-order chi connectivity index (χ0) is 13.5. The minimum atomic E-state index is 0.464. The maximum Gasteiger partial charge on any atom is 0.131 e. The van der Waals surface area contributed by atoms with E-state index in [4.69, 9.17) is 15.2 Å². The van der Waals surface area contributed by atoms with Gasteiger partial charge >= 0.3 is 0 Å². The van der Waals surface area contributed by atoms with Crippen molar-refractivity contribution in [3.05, 3.63) is 40.3 Å². The van der Waals surface area contributed by atoms with Crippen molar-refractivity contribution >= 4 is 11.3 Å². The summed E-state index contributed by atoms with van der Waals surface area (Å²) in [4.78, 5) is 4.35. The fraction of sp³-hybridized carbons (Fsp3) is 0.357. The third-order valence-corrected chi connectivity index (χ3v) is 3.38. The first-order valence-corrected chi connectivity index (χ1v) is 7.18. The molecule has 0 radical (unpaired) electrons. The molecule has 2 N–H and O–H groups in total. The van der Waals surface area contributed by atoms with Crippen LogP contribution < -0.4 is 15.2 Å². The van der Waals surface area contributed by atoms with Crippen molar-refractivity contribution in [2.75, 3.05) is 6.61 Å². The summed E-state index contributed by atoms with van der Waals surface area (Å²) in [5, 5.41) is 2.91. The lowest BCUT2D eigenvalue weighted by Crippen LogP contribution is -1.99. The first-order valence-electron chi connectivity index (χ1n) is 6.31. The summed E-state index contributed by atoms with van der Waals surface area (Å²) in [6.45, 7) is 3.77. The zero-order valence-corrected chi connectivity index (χ0v) is 11.8. The summed E-state index contributed by atoms with van der Waals surface area (Å²) < 4.78 is 11.2. The second-order valence-corrected chi connectivity index (χ2v) is 4.99. The van der Waals surface area contributed by atoms with Crippen molar-refractivity contribution in [3.8, 4) is 11.5 Å². The van der Waals surface area contributed by atoms with Crippen LogP contribution in [0.2, 0.25) is 0 Å². The highest BCUT2D eigenvalue weighted by Crippen LogP contribution is 2.19. The summed E-state index contributed by atoms with van der Waals surface area (Å²) in [6, 6.07) is 7.64. The largest absolute Gasteiger partial charge is 0.494 e. The van der Waals surface area contributed by atoms with E-state index in [0.29, 0.717) is 13.2 Å². The van der Waals surface area contributed by atoms with E-state index < -0.39 is 0 Å². The van der Waals surface area contributed by atoms with Gasteiger partial charge in [0.2, 0.25) is 0 Å². The average molecular weight is 278 g/mol. The Morgan fingerprint density at radius 1 is 1.16 bits per heavy atom. The molecule has 1 aromatic carbocycles. The van der Waals surface area contributed by atoms with Crippen LogP contribution in [0.3, 0.4) is 0 Å². The molecule has 0 aliphatic carbocycles. The molecule has 0 amide bonds. The number of hydrogen-bond acceptors (Lipinski definition) is 5. The molecule has 2 aromatic rings. The molecule has 0 atom stereocenters. The van der Waals surface area contributed by atoms with Gasteiger partial charge in [0, 0.05) is 11.9 Å². The second-order valence-electron chi connectivity index (χ2n) is 4.05. The van der Waals surface area contributed by atoms with Crippen molar-refractivity contribution in [2.45, 2.75) is 26.5 Å². The van der Waals surface area contributed by atoms with Crippen LogP contribution >= 0.6 is 11.3 Å². The normalized spacial score (nSPS) is 10.4. The first-order chi connectivity index (χ1) is 9.31. The maximum atomic E-state index is 5.66. The predicted molar refractivity (Wildman–Crippen MR) is 76.6 cm³/mol. The van der Waals surface area contributed by atoms with E-state index in [1.165, 1.54) is 0 Å². The van der Waals surface area contributed by atoms with E-state index in [1.54, 1.807) is 11.3 Å². The van der Waals surface area contributed by atoms with Gasteiger partial charge in [-0.1, -0.05) is 6.92 Å². The molecule has 0 bridgehead atoms. The Morgan fingerprint density at radius 3 is 2.42 bits per heavy atom. The van der Waals surface area contributed by atoms with Gasteiger partial charge in [0.1, 0.15) is 23.1 Å². The predicted octanol–water partition coefficient (Wildman–Crippen LogP) is 2.97. The quantitative estimate of drug-likeness (QED) is 0.846. The standard InChI is InChI=1S/C14H18N2O2S/c1-2-7-17-12-3-5-13(6-4-12)18-9-11-10-19-14(8-15)16-11/h3-6,10H,2,7-9,15H2,1H3. The van der Waals surface area contributed by atoms with E-state index in [2.05, 4.69) is 11.9 Å². The smallest absolute Gasteiger partial charge is 0.131 e. The van der Waals surface area contributed by atoms with E-state index >= 15 is 0 Å². The lowest BCUT2D eigenvalue weighted by Gasteiger charge is -2.07. The molecule has 1 heterocycles. The molecule has 0 saturated heterocycles. The minimum absolute atomic E-state index is 0.464. The first kappa shape index (κ1) is 13.8. The number of nitrogens with two attached hydrogens (primary N) is 1. The number of benzene rings is 1. The Hall–Kier alpha value is -1.59. The molecule has 0 aliphatic rings. The highest BCUT2D eigenvalue weighted by Gasteiger charge is 2.02. The lowest BCUT2D eigenvalue weighted by molar-refractivity contribution is 0.298. The highest BCUT2D eigenvalue weighted by molar-refractivity contribution is 7.09. The summed E-state index contributed by atoms with van der Waals surface area (Å²) in [7, 11) is 0. The fourth-order valence-corrected chi connectivity index (χ4v) is 2.18. The van der Waals surface area contributed by atoms with Gasteiger partial charge in [-0.15, -0.1) is 11.3 Å². The second kappa shape index (κ2) is 7.11. The van der Waals surface area contributed by atoms with Gasteiger partial charge in [-0.05, 0) is 30.7 Å². The number of nitrogens with zero attached hydrogens (tertiary/aromatic N) is 1. The molecule has 2 rings (SSSR count). The van der Waals surface area contributed by atoms with Crippen molar-refractivity contribution in [1.82, 2.24) is 4.98 Å². The number of rotatable bonds is 7. The molecule has 19 heavy (non-hydrogen) atoms. The summed E-state index contributed by atoms with van der Waals surface area (Å²) in [6.07, 6.45) is 1.01. The number of aromatic nitrogens is 1. The average Bonchev–Trinajstić information content (AvgIpc) is 2.92. The number of thiazole rings is 1. The van der Waals surface area contributed by atoms with Crippen LogP contribution in [0.25, 0.3) is 0 Å². The third kappa shape index (κ3) is 4.22.